The van der Waals surface area contributed by atoms with Gasteiger partial charge >= 0.3 is 5.97 Å². The Morgan fingerprint density at radius 3 is 2.07 bits per heavy atom. The van der Waals surface area contributed by atoms with Gasteiger partial charge in [-0.05, 0) is 54.1 Å². The number of ketones is 1. The first-order valence-corrected chi connectivity index (χ1v) is 9.36. The van der Waals surface area contributed by atoms with Gasteiger partial charge in [-0.1, -0.05) is 30.3 Å². The van der Waals surface area contributed by atoms with E-state index in [1.165, 1.54) is 6.92 Å². The van der Waals surface area contributed by atoms with E-state index in [9.17, 15) is 14.4 Å². The zero-order valence-electron chi connectivity index (χ0n) is 16.5. The van der Waals surface area contributed by atoms with Gasteiger partial charge in [-0.2, -0.15) is 0 Å². The highest BCUT2D eigenvalue weighted by Crippen LogP contribution is 2.14. The number of hydrogen-bond acceptors (Lipinski definition) is 5. The average Bonchev–Trinajstić information content (AvgIpc) is 2.77. The molecule has 0 heterocycles. The number of rotatable bonds is 8. The Kier molecular flexibility index (Phi) is 6.95. The van der Waals surface area contributed by atoms with Gasteiger partial charge in [-0.3, -0.25) is 9.59 Å². The van der Waals surface area contributed by atoms with Gasteiger partial charge in [-0.15, -0.1) is 0 Å². The number of carbonyl (C=O) groups excluding carboxylic acids is 3. The molecular weight excluding hydrogens is 382 g/mol. The van der Waals surface area contributed by atoms with Gasteiger partial charge in [0.15, 0.2) is 12.4 Å². The number of esters is 1. The number of hydrogen-bond donors (Lipinski definition) is 1. The van der Waals surface area contributed by atoms with Crippen molar-refractivity contribution in [2.24, 2.45) is 0 Å². The Balaban J connectivity index is 1.49. The minimum absolute atomic E-state index is 0.194. The van der Waals surface area contributed by atoms with Crippen LogP contribution in [0.25, 0.3) is 0 Å². The van der Waals surface area contributed by atoms with Crippen LogP contribution in [0.2, 0.25) is 0 Å². The van der Waals surface area contributed by atoms with E-state index in [1.54, 1.807) is 48.5 Å². The lowest BCUT2D eigenvalue weighted by atomic mass is 10.1. The van der Waals surface area contributed by atoms with E-state index in [2.05, 4.69) is 5.32 Å². The molecule has 152 valence electrons. The summed E-state index contributed by atoms with van der Waals surface area (Å²) in [6.07, 6.45) is 0. The fraction of sp³-hybridized carbons (Fsp3) is 0.125. The van der Waals surface area contributed by atoms with Crippen molar-refractivity contribution in [1.29, 1.82) is 0 Å². The molecule has 0 aromatic heterocycles. The Bertz CT molecular complexity index is 1010. The van der Waals surface area contributed by atoms with Crippen LogP contribution in [0.1, 0.15) is 33.2 Å². The Morgan fingerprint density at radius 2 is 1.43 bits per heavy atom. The van der Waals surface area contributed by atoms with Crippen LogP contribution in [-0.4, -0.2) is 24.3 Å². The molecule has 0 bridgehead atoms. The molecule has 1 amide bonds. The molecular formula is C24H21NO5. The summed E-state index contributed by atoms with van der Waals surface area (Å²) in [4.78, 5) is 35.4. The van der Waals surface area contributed by atoms with E-state index in [1.807, 2.05) is 30.3 Å². The smallest absolute Gasteiger partial charge is 0.338 e. The molecule has 0 atom stereocenters. The number of benzene rings is 3. The van der Waals surface area contributed by atoms with Crippen molar-refractivity contribution < 1.29 is 23.9 Å². The minimum atomic E-state index is -0.575. The predicted molar refractivity (Wildman–Crippen MR) is 113 cm³/mol. The number of anilines is 1. The quantitative estimate of drug-likeness (QED) is 0.449. The van der Waals surface area contributed by atoms with Gasteiger partial charge in [0.25, 0.3) is 0 Å². The van der Waals surface area contributed by atoms with Crippen LogP contribution in [0.5, 0.6) is 5.75 Å². The second-order valence-electron chi connectivity index (χ2n) is 6.56. The third-order valence-corrected chi connectivity index (χ3v) is 4.20. The van der Waals surface area contributed by atoms with Crippen molar-refractivity contribution >= 4 is 23.3 Å². The number of amides is 1. The highest BCUT2D eigenvalue weighted by Gasteiger charge is 2.12. The van der Waals surface area contributed by atoms with E-state index >= 15 is 0 Å². The SMILES string of the molecule is CC(=O)Nc1ccc(C(=O)COC(=O)c2ccc(COc3ccccc3)cc2)cc1. The van der Waals surface area contributed by atoms with Crippen LogP contribution in [0, 0.1) is 0 Å². The Morgan fingerprint density at radius 1 is 0.800 bits per heavy atom. The van der Waals surface area contributed by atoms with E-state index in [4.69, 9.17) is 9.47 Å². The second kappa shape index (κ2) is 10.0. The molecule has 3 aromatic rings. The third-order valence-electron chi connectivity index (χ3n) is 4.20. The number of carbonyl (C=O) groups is 3. The maximum atomic E-state index is 12.2. The molecule has 0 fully saturated rings. The van der Waals surface area contributed by atoms with Crippen LogP contribution in [0.3, 0.4) is 0 Å². The first kappa shape index (κ1) is 20.8. The standard InChI is InChI=1S/C24H21NO5/c1-17(26)25-21-13-11-19(12-14-21)23(27)16-30-24(28)20-9-7-18(8-10-20)15-29-22-5-3-2-4-6-22/h2-14H,15-16H2,1H3,(H,25,26). The number of ether oxygens (including phenoxy) is 2. The summed E-state index contributed by atoms with van der Waals surface area (Å²) >= 11 is 0. The summed E-state index contributed by atoms with van der Waals surface area (Å²) in [5, 5.41) is 2.62. The molecule has 0 aliphatic heterocycles. The largest absolute Gasteiger partial charge is 0.489 e. The van der Waals surface area contributed by atoms with Crippen molar-refractivity contribution in [3.63, 3.8) is 0 Å². The van der Waals surface area contributed by atoms with Crippen molar-refractivity contribution in [1.82, 2.24) is 0 Å². The molecule has 0 aliphatic rings. The van der Waals surface area contributed by atoms with Crippen LogP contribution in [0.4, 0.5) is 5.69 Å². The molecule has 30 heavy (non-hydrogen) atoms. The molecule has 0 spiro atoms. The average molecular weight is 403 g/mol. The van der Waals surface area contributed by atoms with Gasteiger partial charge in [0.05, 0.1) is 5.56 Å². The highest BCUT2D eigenvalue weighted by molar-refractivity contribution is 6.00. The molecule has 0 radical (unpaired) electrons. The second-order valence-corrected chi connectivity index (χ2v) is 6.56. The van der Waals surface area contributed by atoms with E-state index in [0.29, 0.717) is 23.4 Å². The summed E-state index contributed by atoms with van der Waals surface area (Å²) in [6.45, 7) is 1.42. The first-order valence-electron chi connectivity index (χ1n) is 9.36. The van der Waals surface area contributed by atoms with Crippen molar-refractivity contribution in [3.8, 4) is 5.75 Å². The molecule has 0 aliphatic carbocycles. The van der Waals surface area contributed by atoms with Gasteiger partial charge in [0, 0.05) is 18.2 Å². The van der Waals surface area contributed by atoms with Gasteiger partial charge in [0.1, 0.15) is 12.4 Å². The van der Waals surface area contributed by atoms with E-state index in [0.717, 1.165) is 11.3 Å². The molecule has 0 unspecified atom stereocenters. The predicted octanol–water partition coefficient (Wildman–Crippen LogP) is 4.26. The van der Waals surface area contributed by atoms with Crippen LogP contribution in [0.15, 0.2) is 78.9 Å². The van der Waals surface area contributed by atoms with Gasteiger partial charge < -0.3 is 14.8 Å². The minimum Gasteiger partial charge on any atom is -0.489 e. The molecule has 3 aromatic carbocycles. The summed E-state index contributed by atoms with van der Waals surface area (Å²) in [5.74, 6) is -0.329. The molecule has 6 heteroatoms. The summed E-state index contributed by atoms with van der Waals surface area (Å²) in [5.41, 5.74) is 2.25. The van der Waals surface area contributed by atoms with Gasteiger partial charge in [0.2, 0.25) is 5.91 Å². The van der Waals surface area contributed by atoms with Crippen molar-refractivity contribution in [2.45, 2.75) is 13.5 Å². The first-order chi connectivity index (χ1) is 14.5. The zero-order valence-corrected chi connectivity index (χ0v) is 16.5. The Labute approximate surface area is 174 Å². The monoisotopic (exact) mass is 403 g/mol. The maximum Gasteiger partial charge on any atom is 0.338 e. The third kappa shape index (κ3) is 6.04. The molecule has 6 nitrogen and oxygen atoms in total. The summed E-state index contributed by atoms with van der Waals surface area (Å²) in [7, 11) is 0. The van der Waals surface area contributed by atoms with Crippen LogP contribution >= 0.6 is 0 Å². The number of para-hydroxylation sites is 1. The van der Waals surface area contributed by atoms with E-state index in [-0.39, 0.29) is 18.3 Å². The molecule has 3 rings (SSSR count). The Hall–Kier alpha value is -3.93. The number of Topliss-reactive ketones (excluding diaryl/α,β-unsaturated/α-hetero) is 1. The fourth-order valence-electron chi connectivity index (χ4n) is 2.66. The lowest BCUT2D eigenvalue weighted by Crippen LogP contribution is -2.14. The lowest BCUT2D eigenvalue weighted by molar-refractivity contribution is -0.114. The topological polar surface area (TPSA) is 81.7 Å². The fourth-order valence-corrected chi connectivity index (χ4v) is 2.66. The molecule has 0 saturated heterocycles. The number of nitrogens with one attached hydrogen (secondary N) is 1. The van der Waals surface area contributed by atoms with Crippen molar-refractivity contribution in [2.75, 3.05) is 11.9 Å². The summed E-state index contributed by atoms with van der Waals surface area (Å²) in [6, 6.07) is 22.7. The van der Waals surface area contributed by atoms with Gasteiger partial charge in [-0.25, -0.2) is 4.79 Å². The highest BCUT2D eigenvalue weighted by atomic mass is 16.5. The normalized spacial score (nSPS) is 10.2. The maximum absolute atomic E-state index is 12.2. The van der Waals surface area contributed by atoms with Crippen LogP contribution in [-0.2, 0) is 16.1 Å². The zero-order chi connectivity index (χ0) is 21.3. The molecule has 0 saturated carbocycles. The summed E-state index contributed by atoms with van der Waals surface area (Å²) < 4.78 is 10.8. The van der Waals surface area contributed by atoms with Crippen LogP contribution < -0.4 is 10.1 Å². The molecule has 1 N–H and O–H groups in total. The van der Waals surface area contributed by atoms with E-state index < -0.39 is 5.97 Å². The lowest BCUT2D eigenvalue weighted by Gasteiger charge is -2.08. The van der Waals surface area contributed by atoms with Crippen molar-refractivity contribution in [3.05, 3.63) is 95.6 Å².